The Kier molecular flexibility index (Phi) is 6.48. The zero-order chi connectivity index (χ0) is 21.9. The second-order valence-corrected chi connectivity index (χ2v) is 9.45. The number of H-pyrrole nitrogens is 1. The minimum atomic E-state index is -3.72. The number of rotatable bonds is 8. The van der Waals surface area contributed by atoms with Crippen LogP contribution >= 0.6 is 0 Å². The lowest BCUT2D eigenvalue weighted by molar-refractivity contribution is -0.116. The van der Waals surface area contributed by atoms with Gasteiger partial charge in [-0.3, -0.25) is 4.79 Å². The van der Waals surface area contributed by atoms with Crippen LogP contribution in [-0.4, -0.2) is 44.3 Å². The third-order valence-corrected chi connectivity index (χ3v) is 6.77. The number of aromatic amines is 1. The maximum absolute atomic E-state index is 12.7. The molecule has 2 N–H and O–H groups in total. The minimum absolute atomic E-state index is 0.00572. The quantitative estimate of drug-likeness (QED) is 0.567. The predicted octanol–water partition coefficient (Wildman–Crippen LogP) is 3.95. The highest BCUT2D eigenvalue weighted by atomic mass is 32.2. The molecule has 3 rings (SSSR count). The summed E-state index contributed by atoms with van der Waals surface area (Å²) in [6.07, 6.45) is 2.20. The van der Waals surface area contributed by atoms with Crippen molar-refractivity contribution < 1.29 is 17.9 Å². The third-order valence-electron chi connectivity index (χ3n) is 4.93. The monoisotopic (exact) mass is 429 g/mol. The fourth-order valence-corrected chi connectivity index (χ4v) is 4.41. The van der Waals surface area contributed by atoms with E-state index in [-0.39, 0.29) is 28.9 Å². The van der Waals surface area contributed by atoms with E-state index >= 15 is 0 Å². The summed E-state index contributed by atoms with van der Waals surface area (Å²) in [5.41, 5.74) is 2.52. The smallest absolute Gasteiger partial charge is 0.246 e. The molecule has 0 radical (unpaired) electrons. The number of ether oxygens (including phenoxy) is 1. The number of benzene rings is 2. The van der Waals surface area contributed by atoms with E-state index in [9.17, 15) is 13.2 Å². The van der Waals surface area contributed by atoms with Gasteiger partial charge in [0.1, 0.15) is 10.6 Å². The van der Waals surface area contributed by atoms with Gasteiger partial charge in [-0.15, -0.1) is 0 Å². The van der Waals surface area contributed by atoms with Crippen molar-refractivity contribution in [3.63, 3.8) is 0 Å². The van der Waals surface area contributed by atoms with Crippen LogP contribution < -0.4 is 10.1 Å². The van der Waals surface area contributed by atoms with Crippen LogP contribution in [0.25, 0.3) is 10.9 Å². The minimum Gasteiger partial charge on any atom is -0.492 e. The normalized spacial score (nSPS) is 12.8. The topological polar surface area (TPSA) is 91.5 Å². The van der Waals surface area contributed by atoms with Crippen molar-refractivity contribution in [3.05, 3.63) is 54.2 Å². The number of anilines is 1. The summed E-state index contributed by atoms with van der Waals surface area (Å²) in [5.74, 6) is 0.0651. The van der Waals surface area contributed by atoms with Gasteiger partial charge >= 0.3 is 0 Å². The molecule has 0 aliphatic rings. The Morgan fingerprint density at radius 1 is 1.20 bits per heavy atom. The lowest BCUT2D eigenvalue weighted by Gasteiger charge is -2.17. The van der Waals surface area contributed by atoms with E-state index < -0.39 is 10.0 Å². The standard InChI is InChI=1S/C22H27N3O4S/c1-5-29-20-11-10-16(13-21(20)30(27,28)25(3)4)24-22(26)12-15(2)18-14-23-19-9-7-6-8-17(18)19/h6-11,13-15,23H,5,12H2,1-4H3,(H,24,26)/t15-/m1/s1. The van der Waals surface area contributed by atoms with Gasteiger partial charge in [0.05, 0.1) is 6.61 Å². The molecule has 1 amide bonds. The van der Waals surface area contributed by atoms with Gasteiger partial charge in [0.2, 0.25) is 15.9 Å². The molecule has 0 spiro atoms. The van der Waals surface area contributed by atoms with E-state index in [4.69, 9.17) is 4.74 Å². The molecule has 1 aromatic heterocycles. The number of hydrogen-bond acceptors (Lipinski definition) is 4. The van der Waals surface area contributed by atoms with Gasteiger partial charge in [0.15, 0.2) is 0 Å². The molecular formula is C22H27N3O4S. The van der Waals surface area contributed by atoms with Crippen LogP contribution in [0.4, 0.5) is 5.69 Å². The maximum atomic E-state index is 12.7. The van der Waals surface area contributed by atoms with E-state index in [1.165, 1.54) is 20.2 Å². The second kappa shape index (κ2) is 8.89. The molecule has 2 aromatic carbocycles. The highest BCUT2D eigenvalue weighted by molar-refractivity contribution is 7.89. The molecule has 0 saturated heterocycles. The Balaban J connectivity index is 1.79. The Morgan fingerprint density at radius 3 is 2.63 bits per heavy atom. The number of carbonyl (C=O) groups is 1. The van der Waals surface area contributed by atoms with E-state index in [2.05, 4.69) is 10.3 Å². The highest BCUT2D eigenvalue weighted by Crippen LogP contribution is 2.31. The van der Waals surface area contributed by atoms with Crippen molar-refractivity contribution in [2.45, 2.75) is 31.1 Å². The first-order valence-corrected chi connectivity index (χ1v) is 11.2. The Labute approximate surface area is 177 Å². The maximum Gasteiger partial charge on any atom is 0.246 e. The summed E-state index contributed by atoms with van der Waals surface area (Å²) in [5, 5.41) is 3.91. The van der Waals surface area contributed by atoms with Gasteiger partial charge in [-0.2, -0.15) is 0 Å². The first kappa shape index (κ1) is 21.9. The van der Waals surface area contributed by atoms with Crippen LogP contribution in [0.5, 0.6) is 5.75 Å². The summed E-state index contributed by atoms with van der Waals surface area (Å²) in [6.45, 7) is 4.12. The summed E-state index contributed by atoms with van der Waals surface area (Å²) < 4.78 is 31.9. The molecule has 0 fully saturated rings. The van der Waals surface area contributed by atoms with Crippen LogP contribution in [-0.2, 0) is 14.8 Å². The molecule has 160 valence electrons. The molecule has 1 heterocycles. The van der Waals surface area contributed by atoms with Crippen LogP contribution in [0.15, 0.2) is 53.6 Å². The van der Waals surface area contributed by atoms with Crippen molar-refractivity contribution in [1.82, 2.24) is 9.29 Å². The van der Waals surface area contributed by atoms with E-state index in [0.717, 1.165) is 20.8 Å². The average Bonchev–Trinajstić information content (AvgIpc) is 3.13. The lowest BCUT2D eigenvalue weighted by Crippen LogP contribution is -2.23. The first-order chi connectivity index (χ1) is 14.2. The highest BCUT2D eigenvalue weighted by Gasteiger charge is 2.23. The molecule has 0 aliphatic heterocycles. The number of para-hydroxylation sites is 1. The molecule has 7 nitrogen and oxygen atoms in total. The average molecular weight is 430 g/mol. The molecule has 0 unspecified atom stereocenters. The number of carbonyl (C=O) groups excluding carboxylic acids is 1. The third kappa shape index (κ3) is 4.49. The lowest BCUT2D eigenvalue weighted by atomic mass is 9.97. The van der Waals surface area contributed by atoms with Crippen molar-refractivity contribution in [3.8, 4) is 5.75 Å². The zero-order valence-electron chi connectivity index (χ0n) is 17.6. The SMILES string of the molecule is CCOc1ccc(NC(=O)C[C@@H](C)c2c[nH]c3ccccc23)cc1S(=O)(=O)N(C)C. The number of hydrogen-bond donors (Lipinski definition) is 2. The van der Waals surface area contributed by atoms with E-state index in [1.807, 2.05) is 37.4 Å². The fourth-order valence-electron chi connectivity index (χ4n) is 3.36. The second-order valence-electron chi connectivity index (χ2n) is 7.32. The molecule has 3 aromatic rings. The fraction of sp³-hybridized carbons (Fsp3) is 0.318. The summed E-state index contributed by atoms with van der Waals surface area (Å²) in [4.78, 5) is 15.9. The Hall–Kier alpha value is -2.84. The van der Waals surface area contributed by atoms with Gasteiger partial charge in [-0.05, 0) is 42.7 Å². The van der Waals surface area contributed by atoms with Crippen molar-refractivity contribution in [1.29, 1.82) is 0 Å². The Bertz CT molecular complexity index is 1150. The summed E-state index contributed by atoms with van der Waals surface area (Å²) >= 11 is 0. The van der Waals surface area contributed by atoms with Crippen LogP contribution in [0.2, 0.25) is 0 Å². The van der Waals surface area contributed by atoms with E-state index in [1.54, 1.807) is 19.1 Å². The van der Waals surface area contributed by atoms with Gasteiger partial charge in [-0.25, -0.2) is 12.7 Å². The molecule has 0 aliphatic carbocycles. The number of fused-ring (bicyclic) bond motifs is 1. The predicted molar refractivity (Wildman–Crippen MR) is 118 cm³/mol. The zero-order valence-corrected chi connectivity index (χ0v) is 18.4. The molecule has 0 bridgehead atoms. The van der Waals surface area contributed by atoms with Crippen molar-refractivity contribution >= 4 is 32.5 Å². The Morgan fingerprint density at radius 2 is 1.93 bits per heavy atom. The summed E-state index contributed by atoms with van der Waals surface area (Å²) in [6, 6.07) is 12.6. The molecule has 30 heavy (non-hydrogen) atoms. The molecule has 1 atom stereocenters. The van der Waals surface area contributed by atoms with Gasteiger partial charge in [0.25, 0.3) is 0 Å². The number of aromatic nitrogens is 1. The van der Waals surface area contributed by atoms with Crippen LogP contribution in [0, 0.1) is 0 Å². The van der Waals surface area contributed by atoms with Crippen LogP contribution in [0.3, 0.4) is 0 Å². The van der Waals surface area contributed by atoms with Crippen molar-refractivity contribution in [2.75, 3.05) is 26.0 Å². The van der Waals surface area contributed by atoms with E-state index in [0.29, 0.717) is 12.3 Å². The van der Waals surface area contributed by atoms with Crippen LogP contribution in [0.1, 0.15) is 31.7 Å². The first-order valence-electron chi connectivity index (χ1n) is 9.79. The number of nitrogens with zero attached hydrogens (tertiary/aromatic N) is 1. The largest absolute Gasteiger partial charge is 0.492 e. The number of sulfonamides is 1. The van der Waals surface area contributed by atoms with Crippen molar-refractivity contribution in [2.24, 2.45) is 0 Å². The molecular weight excluding hydrogens is 402 g/mol. The molecule has 0 saturated carbocycles. The van der Waals surface area contributed by atoms with Gasteiger partial charge < -0.3 is 15.0 Å². The summed E-state index contributed by atoms with van der Waals surface area (Å²) in [7, 11) is -0.803. The van der Waals surface area contributed by atoms with Gasteiger partial charge in [-0.1, -0.05) is 25.1 Å². The molecule has 8 heteroatoms. The van der Waals surface area contributed by atoms with Gasteiger partial charge in [0, 0.05) is 43.3 Å². The number of amides is 1. The number of nitrogens with one attached hydrogen (secondary N) is 2.